The minimum Gasteiger partial charge on any atom is -0.311 e. The van der Waals surface area contributed by atoms with Gasteiger partial charge in [0.1, 0.15) is 0 Å². The van der Waals surface area contributed by atoms with Gasteiger partial charge in [0.2, 0.25) is 15.9 Å². The minimum absolute atomic E-state index is 0.00600. The highest BCUT2D eigenvalue weighted by molar-refractivity contribution is 7.89. The first-order valence-corrected chi connectivity index (χ1v) is 9.86. The van der Waals surface area contributed by atoms with Crippen molar-refractivity contribution in [3.63, 3.8) is 0 Å². The molecule has 136 valence electrons. The van der Waals surface area contributed by atoms with E-state index in [1.165, 1.54) is 11.8 Å². The number of hydrogen-bond donors (Lipinski definition) is 1. The zero-order chi connectivity index (χ0) is 19.0. The van der Waals surface area contributed by atoms with Crippen LogP contribution in [0.3, 0.4) is 0 Å². The van der Waals surface area contributed by atoms with Gasteiger partial charge in [-0.05, 0) is 36.2 Å². The Kier molecular flexibility index (Phi) is 6.89. The van der Waals surface area contributed by atoms with Crippen molar-refractivity contribution in [3.05, 3.63) is 65.7 Å². The zero-order valence-electron chi connectivity index (χ0n) is 14.6. The summed E-state index contributed by atoms with van der Waals surface area (Å²) in [5.41, 5.74) is 2.08. The van der Waals surface area contributed by atoms with E-state index in [9.17, 15) is 13.2 Å². The second-order valence-electron chi connectivity index (χ2n) is 5.78. The van der Waals surface area contributed by atoms with E-state index in [0.717, 1.165) is 5.56 Å². The molecule has 1 N–H and O–H groups in total. The lowest BCUT2D eigenvalue weighted by Gasteiger charge is -2.21. The number of carbonyl (C=O) groups is 1. The summed E-state index contributed by atoms with van der Waals surface area (Å²) in [6, 6.07) is 18.0. The number of sulfonamides is 1. The van der Waals surface area contributed by atoms with Crippen LogP contribution in [0.5, 0.6) is 0 Å². The molecule has 2 aromatic rings. The van der Waals surface area contributed by atoms with Gasteiger partial charge < -0.3 is 4.90 Å². The Morgan fingerprint density at radius 3 is 2.35 bits per heavy atom. The summed E-state index contributed by atoms with van der Waals surface area (Å²) in [5, 5.41) is 8.83. The van der Waals surface area contributed by atoms with Crippen molar-refractivity contribution in [1.29, 1.82) is 5.26 Å². The molecule has 6 nitrogen and oxygen atoms in total. The first kappa shape index (κ1) is 19.6. The van der Waals surface area contributed by atoms with Gasteiger partial charge in [0.05, 0.1) is 17.4 Å². The second kappa shape index (κ2) is 9.13. The molecule has 1 amide bonds. The van der Waals surface area contributed by atoms with Crippen LogP contribution in [-0.4, -0.2) is 33.2 Å². The van der Waals surface area contributed by atoms with Crippen molar-refractivity contribution in [3.8, 4) is 6.07 Å². The van der Waals surface area contributed by atoms with E-state index in [4.69, 9.17) is 5.26 Å². The van der Waals surface area contributed by atoms with Crippen molar-refractivity contribution in [1.82, 2.24) is 4.72 Å². The number of amides is 1. The van der Waals surface area contributed by atoms with Crippen LogP contribution in [0.1, 0.15) is 18.1 Å². The number of nitrogens with zero attached hydrogens (tertiary/aromatic N) is 2. The topological polar surface area (TPSA) is 90.3 Å². The zero-order valence-corrected chi connectivity index (χ0v) is 15.4. The summed E-state index contributed by atoms with van der Waals surface area (Å²) in [5.74, 6) is -0.202. The fourth-order valence-electron chi connectivity index (χ4n) is 2.47. The third-order valence-electron chi connectivity index (χ3n) is 3.85. The fraction of sp³-hybridized carbons (Fsp3) is 0.263. The summed E-state index contributed by atoms with van der Waals surface area (Å²) in [6.45, 7) is 1.75. The van der Waals surface area contributed by atoms with Crippen molar-refractivity contribution < 1.29 is 13.2 Å². The molecule has 0 aromatic heterocycles. The SMILES string of the molecule is CC(=O)N(CCNS(=O)(=O)CCc1ccccc1)c1ccc(C#N)cc1. The molecule has 0 fully saturated rings. The number of aryl methyl sites for hydroxylation is 1. The summed E-state index contributed by atoms with van der Waals surface area (Å²) in [7, 11) is -3.43. The molecule has 2 rings (SSSR count). The van der Waals surface area contributed by atoms with E-state index in [0.29, 0.717) is 17.7 Å². The first-order chi connectivity index (χ1) is 12.4. The highest BCUT2D eigenvalue weighted by Crippen LogP contribution is 2.15. The molecule has 0 saturated carbocycles. The number of benzene rings is 2. The Hall–Kier alpha value is -2.69. The van der Waals surface area contributed by atoms with Gasteiger partial charge in [0, 0.05) is 25.7 Å². The van der Waals surface area contributed by atoms with Gasteiger partial charge in [-0.15, -0.1) is 0 Å². The van der Waals surface area contributed by atoms with Crippen LogP contribution >= 0.6 is 0 Å². The summed E-state index contributed by atoms with van der Waals surface area (Å²) in [4.78, 5) is 13.3. The molecular weight excluding hydrogens is 350 g/mol. The van der Waals surface area contributed by atoms with Crippen molar-refractivity contribution in [2.24, 2.45) is 0 Å². The average Bonchev–Trinajstić information content (AvgIpc) is 2.64. The number of rotatable bonds is 8. The third-order valence-corrected chi connectivity index (χ3v) is 5.23. The van der Waals surface area contributed by atoms with Gasteiger partial charge in [-0.25, -0.2) is 13.1 Å². The molecule has 0 aliphatic rings. The maximum Gasteiger partial charge on any atom is 0.223 e. The summed E-state index contributed by atoms with van der Waals surface area (Å²) >= 11 is 0. The van der Waals surface area contributed by atoms with Crippen LogP contribution in [-0.2, 0) is 21.2 Å². The van der Waals surface area contributed by atoms with Crippen molar-refractivity contribution in [2.45, 2.75) is 13.3 Å². The van der Waals surface area contributed by atoms with Gasteiger partial charge in [0.15, 0.2) is 0 Å². The molecule has 0 atom stereocenters. The number of anilines is 1. The third kappa shape index (κ3) is 5.99. The van der Waals surface area contributed by atoms with E-state index in [2.05, 4.69) is 4.72 Å². The number of hydrogen-bond acceptors (Lipinski definition) is 4. The molecule has 7 heteroatoms. The summed E-state index contributed by atoms with van der Waals surface area (Å²) in [6.07, 6.45) is 0.433. The van der Waals surface area contributed by atoms with E-state index in [1.807, 2.05) is 36.4 Å². The molecule has 0 heterocycles. The number of carbonyl (C=O) groups excluding carboxylic acids is 1. The summed E-state index contributed by atoms with van der Waals surface area (Å²) < 4.78 is 26.8. The maximum atomic E-state index is 12.1. The van der Waals surface area contributed by atoms with Crippen LogP contribution < -0.4 is 9.62 Å². The molecule has 2 aromatic carbocycles. The Labute approximate surface area is 154 Å². The molecule has 26 heavy (non-hydrogen) atoms. The van der Waals surface area contributed by atoms with E-state index in [-0.39, 0.29) is 24.7 Å². The quantitative estimate of drug-likeness (QED) is 0.769. The second-order valence-corrected chi connectivity index (χ2v) is 7.70. The average molecular weight is 371 g/mol. The largest absolute Gasteiger partial charge is 0.311 e. The van der Waals surface area contributed by atoms with E-state index in [1.54, 1.807) is 24.3 Å². The van der Waals surface area contributed by atoms with Crippen LogP contribution in [0.2, 0.25) is 0 Å². The molecule has 0 bridgehead atoms. The molecule has 0 radical (unpaired) electrons. The highest BCUT2D eigenvalue weighted by atomic mass is 32.2. The minimum atomic E-state index is -3.43. The van der Waals surface area contributed by atoms with Crippen LogP contribution in [0.15, 0.2) is 54.6 Å². The molecule has 0 unspecified atom stereocenters. The lowest BCUT2D eigenvalue weighted by molar-refractivity contribution is -0.116. The van der Waals surface area contributed by atoms with E-state index < -0.39 is 10.0 Å². The van der Waals surface area contributed by atoms with Crippen LogP contribution in [0.25, 0.3) is 0 Å². The molecular formula is C19H21N3O3S. The van der Waals surface area contributed by atoms with Crippen molar-refractivity contribution >= 4 is 21.6 Å². The van der Waals surface area contributed by atoms with Crippen LogP contribution in [0.4, 0.5) is 5.69 Å². The monoisotopic (exact) mass is 371 g/mol. The number of nitriles is 1. The van der Waals surface area contributed by atoms with E-state index >= 15 is 0 Å². The Morgan fingerprint density at radius 2 is 1.77 bits per heavy atom. The van der Waals surface area contributed by atoms with Gasteiger partial charge in [0.25, 0.3) is 0 Å². The molecule has 0 spiro atoms. The Balaban J connectivity index is 1.90. The molecule has 0 aliphatic carbocycles. The first-order valence-electron chi connectivity index (χ1n) is 8.21. The lowest BCUT2D eigenvalue weighted by atomic mass is 10.2. The van der Waals surface area contributed by atoms with Gasteiger partial charge >= 0.3 is 0 Å². The predicted octanol–water partition coefficient (Wildman–Crippen LogP) is 2.07. The smallest absolute Gasteiger partial charge is 0.223 e. The van der Waals surface area contributed by atoms with Gasteiger partial charge in [-0.3, -0.25) is 4.79 Å². The standard InChI is InChI=1S/C19H21N3O3S/c1-16(23)22(19-9-7-18(15-20)8-10-19)13-12-21-26(24,25)14-11-17-5-3-2-4-6-17/h2-10,21H,11-14H2,1H3. The maximum absolute atomic E-state index is 12.1. The molecule has 0 saturated heterocycles. The Bertz CT molecular complexity index is 872. The van der Waals surface area contributed by atoms with Gasteiger partial charge in [-0.1, -0.05) is 30.3 Å². The highest BCUT2D eigenvalue weighted by Gasteiger charge is 2.14. The number of nitrogens with one attached hydrogen (secondary N) is 1. The Morgan fingerprint density at radius 1 is 1.12 bits per heavy atom. The predicted molar refractivity (Wildman–Crippen MR) is 101 cm³/mol. The normalized spacial score (nSPS) is 10.9. The molecule has 0 aliphatic heterocycles. The van der Waals surface area contributed by atoms with Gasteiger partial charge in [-0.2, -0.15) is 5.26 Å². The lowest BCUT2D eigenvalue weighted by Crippen LogP contribution is -2.38. The fourth-order valence-corrected chi connectivity index (χ4v) is 3.52. The van der Waals surface area contributed by atoms with Crippen LogP contribution in [0, 0.1) is 11.3 Å². The van der Waals surface area contributed by atoms with Crippen molar-refractivity contribution in [2.75, 3.05) is 23.7 Å².